The summed E-state index contributed by atoms with van der Waals surface area (Å²) in [6.45, 7) is 1.41. The summed E-state index contributed by atoms with van der Waals surface area (Å²) in [5.41, 5.74) is 1.34. The van der Waals surface area contributed by atoms with E-state index >= 15 is 0 Å². The molecule has 0 bridgehead atoms. The number of aliphatic hydroxyl groups excluding tert-OH is 1. The highest BCUT2D eigenvalue weighted by molar-refractivity contribution is 5.86. The van der Waals surface area contributed by atoms with Crippen LogP contribution in [0.1, 0.15) is 69.4 Å². The van der Waals surface area contributed by atoms with E-state index < -0.39 is 5.41 Å². The summed E-state index contributed by atoms with van der Waals surface area (Å²) in [5, 5.41) is 12.7. The third kappa shape index (κ3) is 5.63. The van der Waals surface area contributed by atoms with Gasteiger partial charge in [-0.25, -0.2) is 9.97 Å². The Kier molecular flexibility index (Phi) is 7.14. The Morgan fingerprint density at radius 3 is 2.45 bits per heavy atom. The minimum absolute atomic E-state index is 0.219. The molecule has 2 aromatic rings. The van der Waals surface area contributed by atoms with Crippen molar-refractivity contribution >= 4 is 11.9 Å². The van der Waals surface area contributed by atoms with Gasteiger partial charge in [0.25, 0.3) is 0 Å². The van der Waals surface area contributed by atoms with Crippen molar-refractivity contribution in [2.45, 2.75) is 75.9 Å². The summed E-state index contributed by atoms with van der Waals surface area (Å²) < 4.78 is 11.9. The van der Waals surface area contributed by atoms with Gasteiger partial charge in [0.1, 0.15) is 0 Å². The number of carbonyl (C=O) groups excluding carboxylic acids is 1. The van der Waals surface area contributed by atoms with Crippen LogP contribution in [-0.4, -0.2) is 40.3 Å². The molecule has 2 aliphatic carbocycles. The molecule has 33 heavy (non-hydrogen) atoms. The maximum atomic E-state index is 11.2. The molecule has 1 aromatic heterocycles. The maximum Gasteiger partial charge on any atom is 0.229 e. The molecule has 0 atom stereocenters. The molecular formula is C26H31N3O4. The monoisotopic (exact) mass is 449 g/mol. The van der Waals surface area contributed by atoms with Crippen LogP contribution >= 0.6 is 0 Å². The number of hydrogen-bond acceptors (Lipinski definition) is 6. The van der Waals surface area contributed by atoms with E-state index in [-0.39, 0.29) is 24.1 Å². The van der Waals surface area contributed by atoms with Crippen LogP contribution in [0.4, 0.5) is 5.95 Å². The number of aromatic nitrogens is 2. The second kappa shape index (κ2) is 10.2. The van der Waals surface area contributed by atoms with Crippen LogP contribution in [0.3, 0.4) is 0 Å². The lowest BCUT2D eigenvalue weighted by Crippen LogP contribution is -2.32. The van der Waals surface area contributed by atoms with E-state index in [1.807, 2.05) is 6.07 Å². The Labute approximate surface area is 194 Å². The molecule has 7 heteroatoms. The summed E-state index contributed by atoms with van der Waals surface area (Å²) in [6, 6.07) is 6.09. The lowest BCUT2D eigenvalue weighted by atomic mass is 9.69. The van der Waals surface area contributed by atoms with Crippen LogP contribution < -0.4 is 14.8 Å². The third-order valence-corrected chi connectivity index (χ3v) is 6.51. The summed E-state index contributed by atoms with van der Waals surface area (Å²) in [5.74, 6) is 8.24. The molecule has 2 saturated carbocycles. The van der Waals surface area contributed by atoms with Crippen molar-refractivity contribution in [3.63, 3.8) is 0 Å². The first-order valence-corrected chi connectivity index (χ1v) is 11.6. The normalized spacial score (nSPS) is 22.8. The van der Waals surface area contributed by atoms with Crippen molar-refractivity contribution in [1.82, 2.24) is 9.97 Å². The molecule has 0 aliphatic heterocycles. The largest absolute Gasteiger partial charge is 0.493 e. The standard InChI is InChI=1S/C26H31N3O4/c1-18(30)29-25-27-16-19(17-28-25)9-12-26(13-10-21(31)11-14-26)20-7-8-23(32-2)24(15-20)33-22-5-3-4-6-22/h7-8,15-17,21-22,31H,3-6,10-11,13-14H2,1-2H3,(H,27,28,29,30). The SMILES string of the molecule is COc1ccc(C2(C#Cc3cnc(NC(C)=O)nc3)CCC(O)CC2)cc1OC1CCCC1. The predicted octanol–water partition coefficient (Wildman–Crippen LogP) is 3.99. The van der Waals surface area contributed by atoms with Crippen molar-refractivity contribution in [3.05, 3.63) is 41.7 Å². The highest BCUT2D eigenvalue weighted by Gasteiger charge is 2.36. The smallest absolute Gasteiger partial charge is 0.229 e. The highest BCUT2D eigenvalue weighted by Crippen LogP contribution is 2.43. The lowest BCUT2D eigenvalue weighted by Gasteiger charge is -2.35. The first-order chi connectivity index (χ1) is 16.0. The molecule has 0 unspecified atom stereocenters. The van der Waals surface area contributed by atoms with Gasteiger partial charge in [-0.15, -0.1) is 0 Å². The molecule has 0 spiro atoms. The van der Waals surface area contributed by atoms with Gasteiger partial charge in [-0.1, -0.05) is 17.9 Å². The summed E-state index contributed by atoms with van der Waals surface area (Å²) in [4.78, 5) is 19.5. The van der Waals surface area contributed by atoms with E-state index in [2.05, 4.69) is 39.3 Å². The van der Waals surface area contributed by atoms with E-state index in [0.717, 1.165) is 42.7 Å². The van der Waals surface area contributed by atoms with Gasteiger partial charge < -0.3 is 14.6 Å². The Morgan fingerprint density at radius 2 is 1.82 bits per heavy atom. The number of ether oxygens (including phenoxy) is 2. The fourth-order valence-electron chi connectivity index (χ4n) is 4.64. The zero-order valence-corrected chi connectivity index (χ0v) is 19.3. The van der Waals surface area contributed by atoms with E-state index in [1.54, 1.807) is 19.5 Å². The van der Waals surface area contributed by atoms with E-state index in [1.165, 1.54) is 19.8 Å². The number of carbonyl (C=O) groups is 1. The fourth-order valence-corrected chi connectivity index (χ4v) is 4.64. The number of aliphatic hydroxyl groups is 1. The van der Waals surface area contributed by atoms with Crippen molar-refractivity contribution in [3.8, 4) is 23.3 Å². The Balaban J connectivity index is 1.65. The van der Waals surface area contributed by atoms with Crippen LogP contribution in [0.5, 0.6) is 11.5 Å². The molecule has 4 rings (SSSR count). The molecule has 174 valence electrons. The molecule has 2 N–H and O–H groups in total. The molecule has 0 saturated heterocycles. The number of nitrogens with one attached hydrogen (secondary N) is 1. The van der Waals surface area contributed by atoms with Crippen LogP contribution in [0.15, 0.2) is 30.6 Å². The van der Waals surface area contributed by atoms with Crippen LogP contribution in [0.2, 0.25) is 0 Å². The van der Waals surface area contributed by atoms with Crippen molar-refractivity contribution < 1.29 is 19.4 Å². The van der Waals surface area contributed by atoms with Gasteiger partial charge in [-0.05, 0) is 69.1 Å². The van der Waals surface area contributed by atoms with Crippen molar-refractivity contribution in [2.24, 2.45) is 0 Å². The van der Waals surface area contributed by atoms with Crippen LogP contribution in [0.25, 0.3) is 0 Å². The average molecular weight is 450 g/mol. The quantitative estimate of drug-likeness (QED) is 0.671. The second-order valence-electron chi connectivity index (χ2n) is 8.93. The van der Waals surface area contributed by atoms with E-state index in [0.29, 0.717) is 18.4 Å². The average Bonchev–Trinajstić information content (AvgIpc) is 3.33. The maximum absolute atomic E-state index is 11.2. The molecule has 1 amide bonds. The Bertz CT molecular complexity index is 1030. The molecule has 0 radical (unpaired) electrons. The van der Waals surface area contributed by atoms with E-state index in [9.17, 15) is 9.90 Å². The fraction of sp³-hybridized carbons (Fsp3) is 0.500. The zero-order chi connectivity index (χ0) is 23.3. The van der Waals surface area contributed by atoms with E-state index in [4.69, 9.17) is 9.47 Å². The number of amides is 1. The number of nitrogens with zero attached hydrogens (tertiary/aromatic N) is 2. The molecule has 1 heterocycles. The van der Waals surface area contributed by atoms with Gasteiger partial charge in [0, 0.05) is 19.3 Å². The Hall–Kier alpha value is -3.11. The van der Waals surface area contributed by atoms with Crippen LogP contribution in [0, 0.1) is 11.8 Å². The minimum atomic E-state index is -0.407. The van der Waals surface area contributed by atoms with Gasteiger partial charge in [0.2, 0.25) is 11.9 Å². The van der Waals surface area contributed by atoms with Gasteiger partial charge in [-0.2, -0.15) is 0 Å². The third-order valence-electron chi connectivity index (χ3n) is 6.51. The van der Waals surface area contributed by atoms with Gasteiger partial charge in [0.05, 0.1) is 30.3 Å². The van der Waals surface area contributed by atoms with Gasteiger partial charge in [-0.3, -0.25) is 10.1 Å². The first kappa shape index (κ1) is 23.1. The molecular weight excluding hydrogens is 418 g/mol. The summed E-state index contributed by atoms with van der Waals surface area (Å²) in [7, 11) is 1.66. The van der Waals surface area contributed by atoms with Crippen molar-refractivity contribution in [2.75, 3.05) is 12.4 Å². The lowest BCUT2D eigenvalue weighted by molar-refractivity contribution is -0.114. The topological polar surface area (TPSA) is 93.6 Å². The van der Waals surface area contributed by atoms with Gasteiger partial charge in [0.15, 0.2) is 11.5 Å². The summed E-state index contributed by atoms with van der Waals surface area (Å²) >= 11 is 0. The zero-order valence-electron chi connectivity index (χ0n) is 19.3. The number of rotatable bonds is 5. The number of methoxy groups -OCH3 is 1. The highest BCUT2D eigenvalue weighted by atomic mass is 16.5. The number of benzene rings is 1. The minimum Gasteiger partial charge on any atom is -0.493 e. The number of anilines is 1. The summed E-state index contributed by atoms with van der Waals surface area (Å²) in [6.07, 6.45) is 10.6. The molecule has 2 fully saturated rings. The molecule has 1 aromatic carbocycles. The van der Waals surface area contributed by atoms with Gasteiger partial charge >= 0.3 is 0 Å². The predicted molar refractivity (Wildman–Crippen MR) is 125 cm³/mol. The second-order valence-corrected chi connectivity index (χ2v) is 8.93. The first-order valence-electron chi connectivity index (χ1n) is 11.6. The van der Waals surface area contributed by atoms with Crippen LogP contribution in [-0.2, 0) is 10.2 Å². The van der Waals surface area contributed by atoms with Crippen molar-refractivity contribution in [1.29, 1.82) is 0 Å². The number of hydrogen-bond donors (Lipinski definition) is 2. The molecule has 7 nitrogen and oxygen atoms in total. The Morgan fingerprint density at radius 1 is 1.12 bits per heavy atom. The molecule has 2 aliphatic rings.